The molecule has 2 aromatic heterocycles. The lowest BCUT2D eigenvalue weighted by Gasteiger charge is -2.16. The van der Waals surface area contributed by atoms with E-state index in [4.69, 9.17) is 4.42 Å². The van der Waals surface area contributed by atoms with E-state index in [0.29, 0.717) is 6.07 Å². The zero-order valence-electron chi connectivity index (χ0n) is 16.7. The number of nitro groups is 1. The first-order valence-corrected chi connectivity index (χ1v) is 9.00. The third kappa shape index (κ3) is 4.77. The molecule has 0 bridgehead atoms. The normalized spacial score (nSPS) is 11.3. The molecule has 0 saturated carbocycles. The Labute approximate surface area is 178 Å². The number of aromatic nitrogens is 2. The molecule has 0 saturated heterocycles. The van der Waals surface area contributed by atoms with Crippen LogP contribution in [-0.4, -0.2) is 26.5 Å². The minimum Gasteiger partial charge on any atom is -0.472 e. The Balaban J connectivity index is 1.81. The van der Waals surface area contributed by atoms with Crippen molar-refractivity contribution in [1.29, 1.82) is 0 Å². The van der Waals surface area contributed by atoms with E-state index in [1.54, 1.807) is 0 Å². The Kier molecular flexibility index (Phi) is 6.00. The van der Waals surface area contributed by atoms with Gasteiger partial charge in [0.1, 0.15) is 24.2 Å². The van der Waals surface area contributed by atoms with Gasteiger partial charge in [-0.2, -0.15) is 18.3 Å². The number of alkyl halides is 3. The zero-order valence-corrected chi connectivity index (χ0v) is 16.7. The predicted octanol–water partition coefficient (Wildman–Crippen LogP) is 3.91. The quantitative estimate of drug-likeness (QED) is 0.431. The van der Waals surface area contributed by atoms with Gasteiger partial charge in [0.05, 0.1) is 28.0 Å². The molecule has 168 valence electrons. The van der Waals surface area contributed by atoms with Gasteiger partial charge in [0.15, 0.2) is 0 Å². The van der Waals surface area contributed by atoms with Crippen LogP contribution < -0.4 is 10.6 Å². The van der Waals surface area contributed by atoms with Gasteiger partial charge in [-0.05, 0) is 38.1 Å². The topological polar surface area (TPSA) is 132 Å². The van der Waals surface area contributed by atoms with E-state index < -0.39 is 40.7 Å². The van der Waals surface area contributed by atoms with Crippen molar-refractivity contribution in [3.05, 3.63) is 69.4 Å². The Morgan fingerprint density at radius 2 is 1.94 bits per heavy atom. The van der Waals surface area contributed by atoms with Crippen molar-refractivity contribution in [1.82, 2.24) is 9.78 Å². The summed E-state index contributed by atoms with van der Waals surface area (Å²) in [5.74, 6) is -1.54. The number of nitrogens with zero attached hydrogens (tertiary/aromatic N) is 3. The van der Waals surface area contributed by atoms with Crippen LogP contribution in [0.2, 0.25) is 0 Å². The zero-order chi connectivity index (χ0) is 23.6. The van der Waals surface area contributed by atoms with Gasteiger partial charge >= 0.3 is 11.9 Å². The molecule has 0 spiro atoms. The van der Waals surface area contributed by atoms with Crippen LogP contribution in [0.25, 0.3) is 0 Å². The van der Waals surface area contributed by atoms with Crippen molar-refractivity contribution in [2.45, 2.75) is 26.6 Å². The maximum Gasteiger partial charge on any atom is 0.418 e. The van der Waals surface area contributed by atoms with Gasteiger partial charge in [0.2, 0.25) is 5.91 Å². The molecule has 2 N–H and O–H groups in total. The third-order valence-electron chi connectivity index (χ3n) is 4.46. The first kappa shape index (κ1) is 22.5. The van der Waals surface area contributed by atoms with Crippen LogP contribution in [0.3, 0.4) is 0 Å². The molecule has 0 fully saturated rings. The van der Waals surface area contributed by atoms with E-state index in [2.05, 4.69) is 15.7 Å². The number of carbonyl (C=O) groups excluding carboxylic acids is 2. The van der Waals surface area contributed by atoms with Gasteiger partial charge in [0, 0.05) is 5.69 Å². The summed E-state index contributed by atoms with van der Waals surface area (Å²) in [7, 11) is 0. The molecule has 2 amide bonds. The van der Waals surface area contributed by atoms with Crippen molar-refractivity contribution in [2.75, 3.05) is 10.6 Å². The summed E-state index contributed by atoms with van der Waals surface area (Å²) in [5, 5.41) is 19.4. The van der Waals surface area contributed by atoms with Crippen molar-refractivity contribution in [3.8, 4) is 0 Å². The van der Waals surface area contributed by atoms with Crippen molar-refractivity contribution in [2.24, 2.45) is 0 Å². The summed E-state index contributed by atoms with van der Waals surface area (Å²) in [5.41, 5.74) is -1.85. The highest BCUT2D eigenvalue weighted by Gasteiger charge is 2.34. The lowest BCUT2D eigenvalue weighted by Crippen LogP contribution is -2.22. The molecule has 3 aromatic rings. The van der Waals surface area contributed by atoms with Crippen molar-refractivity contribution in [3.63, 3.8) is 0 Å². The highest BCUT2D eigenvalue weighted by Crippen LogP contribution is 2.36. The average molecular weight is 451 g/mol. The van der Waals surface area contributed by atoms with E-state index in [1.807, 2.05) is 0 Å². The molecular formula is C19H16F3N5O5. The fraction of sp³-hybridized carbons (Fsp3) is 0.211. The molecular weight excluding hydrogens is 435 g/mol. The summed E-state index contributed by atoms with van der Waals surface area (Å²) in [6.45, 7) is 2.23. The standard InChI is InChI=1S/C19H16F3N5O5/c1-10-17(27(30)31)11(2)26(25-10)8-16(28)24-15-4-3-13(7-14(15)19(20,21)22)23-18(29)12-5-6-32-9-12/h3-7,9H,8H2,1-2H3,(H,23,29)(H,24,28). The fourth-order valence-corrected chi connectivity index (χ4v) is 2.99. The number of halogens is 3. The number of hydrogen-bond acceptors (Lipinski definition) is 6. The minimum atomic E-state index is -4.84. The molecule has 0 atom stereocenters. The maximum atomic E-state index is 13.6. The highest BCUT2D eigenvalue weighted by molar-refractivity contribution is 6.04. The fourth-order valence-electron chi connectivity index (χ4n) is 2.99. The van der Waals surface area contributed by atoms with Gasteiger partial charge in [-0.25, -0.2) is 0 Å². The number of hydrogen-bond donors (Lipinski definition) is 2. The second kappa shape index (κ2) is 8.53. The minimum absolute atomic E-state index is 0.0778. The summed E-state index contributed by atoms with van der Waals surface area (Å²) in [6, 6.07) is 4.21. The molecule has 0 radical (unpaired) electrons. The Morgan fingerprint density at radius 3 is 2.50 bits per heavy atom. The monoisotopic (exact) mass is 451 g/mol. The summed E-state index contributed by atoms with van der Waals surface area (Å²) in [6.07, 6.45) is -2.46. The van der Waals surface area contributed by atoms with Crippen LogP contribution >= 0.6 is 0 Å². The Morgan fingerprint density at radius 1 is 1.22 bits per heavy atom. The molecule has 10 nitrogen and oxygen atoms in total. The number of anilines is 2. The molecule has 0 aliphatic rings. The van der Waals surface area contributed by atoms with E-state index in [9.17, 15) is 32.9 Å². The molecule has 0 unspecified atom stereocenters. The molecule has 0 aliphatic heterocycles. The van der Waals surface area contributed by atoms with E-state index in [0.717, 1.165) is 17.0 Å². The summed E-state index contributed by atoms with van der Waals surface area (Å²) >= 11 is 0. The van der Waals surface area contributed by atoms with Crippen LogP contribution in [0, 0.1) is 24.0 Å². The second-order valence-electron chi connectivity index (χ2n) is 6.71. The van der Waals surface area contributed by atoms with E-state index >= 15 is 0 Å². The summed E-state index contributed by atoms with van der Waals surface area (Å²) in [4.78, 5) is 34.8. The second-order valence-corrected chi connectivity index (χ2v) is 6.71. The molecule has 2 heterocycles. The molecule has 0 aliphatic carbocycles. The van der Waals surface area contributed by atoms with Gasteiger partial charge < -0.3 is 15.1 Å². The molecule has 3 rings (SSSR count). The number of nitrogens with one attached hydrogen (secondary N) is 2. The predicted molar refractivity (Wildman–Crippen MR) is 105 cm³/mol. The largest absolute Gasteiger partial charge is 0.472 e. The van der Waals surface area contributed by atoms with E-state index in [1.165, 1.54) is 32.2 Å². The van der Waals surface area contributed by atoms with Crippen molar-refractivity contribution >= 4 is 28.9 Å². The first-order valence-electron chi connectivity index (χ1n) is 9.00. The Hall–Kier alpha value is -4.16. The van der Waals surface area contributed by atoms with Crippen LogP contribution in [0.5, 0.6) is 0 Å². The van der Waals surface area contributed by atoms with Gasteiger partial charge in [-0.1, -0.05) is 0 Å². The number of rotatable bonds is 6. The third-order valence-corrected chi connectivity index (χ3v) is 4.46. The van der Waals surface area contributed by atoms with Crippen LogP contribution in [0.1, 0.15) is 27.3 Å². The lowest BCUT2D eigenvalue weighted by molar-refractivity contribution is -0.386. The number of aryl methyl sites for hydroxylation is 1. The molecule has 32 heavy (non-hydrogen) atoms. The molecule has 13 heteroatoms. The number of carbonyl (C=O) groups is 2. The van der Waals surface area contributed by atoms with Gasteiger partial charge in [0.25, 0.3) is 5.91 Å². The number of amides is 2. The first-order chi connectivity index (χ1) is 15.0. The number of furan rings is 1. The summed E-state index contributed by atoms with van der Waals surface area (Å²) < 4.78 is 46.5. The van der Waals surface area contributed by atoms with Crippen LogP contribution in [0.4, 0.5) is 30.2 Å². The van der Waals surface area contributed by atoms with Crippen LogP contribution in [0.15, 0.2) is 41.2 Å². The SMILES string of the molecule is Cc1nn(CC(=O)Nc2ccc(NC(=O)c3ccoc3)cc2C(F)(F)F)c(C)c1[N+](=O)[O-]. The van der Waals surface area contributed by atoms with Crippen LogP contribution in [-0.2, 0) is 17.5 Å². The van der Waals surface area contributed by atoms with Crippen molar-refractivity contribution < 1.29 is 32.1 Å². The smallest absolute Gasteiger partial charge is 0.418 e. The van der Waals surface area contributed by atoms with Gasteiger partial charge in [-0.15, -0.1) is 0 Å². The average Bonchev–Trinajstić information content (AvgIpc) is 3.30. The lowest BCUT2D eigenvalue weighted by atomic mass is 10.1. The maximum absolute atomic E-state index is 13.6. The highest BCUT2D eigenvalue weighted by atomic mass is 19.4. The molecule has 1 aromatic carbocycles. The Bertz CT molecular complexity index is 1180. The van der Waals surface area contributed by atoms with E-state index in [-0.39, 0.29) is 28.3 Å². The number of benzene rings is 1. The van der Waals surface area contributed by atoms with Gasteiger partial charge in [-0.3, -0.25) is 24.4 Å².